The molecule has 0 spiro atoms. The number of hydrogen-bond donors (Lipinski definition) is 0. The predicted molar refractivity (Wildman–Crippen MR) is 44.1 cm³/mol. The molecule has 0 fully saturated rings. The maximum absolute atomic E-state index is 10.4. The number of nitriles is 1. The molecule has 0 aliphatic rings. The fourth-order valence-electron chi connectivity index (χ4n) is 0.960. The van der Waals surface area contributed by atoms with Crippen molar-refractivity contribution in [3.05, 3.63) is 33.9 Å². The highest BCUT2D eigenvalue weighted by atomic mass is 16.6. The van der Waals surface area contributed by atoms with Gasteiger partial charge >= 0.3 is 0 Å². The van der Waals surface area contributed by atoms with Crippen LogP contribution in [-0.4, -0.2) is 4.92 Å². The van der Waals surface area contributed by atoms with Crippen LogP contribution in [0.5, 0.6) is 5.75 Å². The molecule has 0 heterocycles. The van der Waals surface area contributed by atoms with E-state index < -0.39 is 4.92 Å². The maximum atomic E-state index is 10.4. The van der Waals surface area contributed by atoms with Crippen LogP contribution in [0.4, 0.5) is 5.69 Å². The normalized spacial score (nSPS) is 8.92. The first-order valence-corrected chi connectivity index (χ1v) is 3.46. The van der Waals surface area contributed by atoms with Gasteiger partial charge in [-0.1, -0.05) is 6.07 Å². The fraction of sp³-hybridized carbons (Fsp3) is 0.125. The smallest absolute Gasteiger partial charge is 0.292 e. The number of rotatable bonds is 2. The van der Waals surface area contributed by atoms with E-state index in [1.54, 1.807) is 0 Å². The molecular weight excluding hydrogens is 172 g/mol. The Kier molecular flexibility index (Phi) is 2.45. The first-order valence-electron chi connectivity index (χ1n) is 3.46. The zero-order chi connectivity index (χ0) is 9.84. The summed E-state index contributed by atoms with van der Waals surface area (Å²) >= 11 is 0. The van der Waals surface area contributed by atoms with E-state index in [1.807, 2.05) is 0 Å². The molecule has 5 heteroatoms. The van der Waals surface area contributed by atoms with Crippen LogP contribution < -0.4 is 4.74 Å². The van der Waals surface area contributed by atoms with Crippen LogP contribution in [0.25, 0.3) is 0 Å². The third-order valence-electron chi connectivity index (χ3n) is 1.61. The van der Waals surface area contributed by atoms with Gasteiger partial charge in [0, 0.05) is 6.07 Å². The molecule has 0 atom stereocenters. The van der Waals surface area contributed by atoms with Gasteiger partial charge in [-0.05, 0) is 13.0 Å². The van der Waals surface area contributed by atoms with Gasteiger partial charge in [-0.2, -0.15) is 0 Å². The highest BCUT2D eigenvalue weighted by Gasteiger charge is 2.13. The highest BCUT2D eigenvalue weighted by molar-refractivity contribution is 5.48. The van der Waals surface area contributed by atoms with Crippen LogP contribution in [0.2, 0.25) is 0 Å². The largest absolute Gasteiger partial charge is 0.387 e. The first-order chi connectivity index (χ1) is 6.16. The van der Waals surface area contributed by atoms with E-state index in [9.17, 15) is 10.1 Å². The van der Waals surface area contributed by atoms with Gasteiger partial charge in [0.2, 0.25) is 0 Å². The van der Waals surface area contributed by atoms with Crippen molar-refractivity contribution in [2.24, 2.45) is 0 Å². The topological polar surface area (TPSA) is 76.2 Å². The molecule has 0 aliphatic heterocycles. The van der Waals surface area contributed by atoms with E-state index in [1.165, 1.54) is 31.4 Å². The van der Waals surface area contributed by atoms with Gasteiger partial charge in [0.15, 0.2) is 5.75 Å². The number of nitro groups is 1. The zero-order valence-electron chi connectivity index (χ0n) is 6.85. The summed E-state index contributed by atoms with van der Waals surface area (Å²) in [4.78, 5) is 9.93. The van der Waals surface area contributed by atoms with E-state index in [2.05, 4.69) is 4.74 Å². The Hall–Kier alpha value is -2.09. The molecule has 66 valence electrons. The van der Waals surface area contributed by atoms with E-state index in [0.29, 0.717) is 5.56 Å². The molecule has 1 rings (SSSR count). The molecule has 5 nitrogen and oxygen atoms in total. The molecule has 0 amide bonds. The molecule has 1 aromatic rings. The Balaban J connectivity index is 3.20. The molecule has 0 N–H and O–H groups in total. The molecule has 0 aromatic heterocycles. The van der Waals surface area contributed by atoms with Crippen molar-refractivity contribution < 1.29 is 9.66 Å². The van der Waals surface area contributed by atoms with Crippen LogP contribution in [0.1, 0.15) is 5.56 Å². The van der Waals surface area contributed by atoms with Gasteiger partial charge in [-0.3, -0.25) is 10.1 Å². The summed E-state index contributed by atoms with van der Waals surface area (Å²) in [5.74, 6) is 0.219. The summed E-state index contributed by atoms with van der Waals surface area (Å²) in [7, 11) is 0. The fourth-order valence-corrected chi connectivity index (χ4v) is 0.960. The minimum atomic E-state index is -0.514. The van der Waals surface area contributed by atoms with Gasteiger partial charge in [0.25, 0.3) is 11.9 Å². The molecule has 1 aromatic carbocycles. The van der Waals surface area contributed by atoms with Gasteiger partial charge in [-0.15, -0.1) is 5.26 Å². The molecule has 0 radical (unpaired) electrons. The second-order valence-electron chi connectivity index (χ2n) is 2.35. The predicted octanol–water partition coefficient (Wildman–Crippen LogP) is 1.76. The summed E-state index contributed by atoms with van der Waals surface area (Å²) in [5, 5.41) is 18.7. The Morgan fingerprint density at radius 2 is 2.31 bits per heavy atom. The number of benzene rings is 1. The lowest BCUT2D eigenvalue weighted by molar-refractivity contribution is -0.385. The van der Waals surface area contributed by atoms with Crippen molar-refractivity contribution in [2.75, 3.05) is 0 Å². The molecule has 13 heavy (non-hydrogen) atoms. The highest BCUT2D eigenvalue weighted by Crippen LogP contribution is 2.26. The monoisotopic (exact) mass is 178 g/mol. The van der Waals surface area contributed by atoms with E-state index >= 15 is 0 Å². The number of hydrogen-bond acceptors (Lipinski definition) is 4. The second kappa shape index (κ2) is 3.54. The van der Waals surface area contributed by atoms with Crippen molar-refractivity contribution in [1.82, 2.24) is 0 Å². The summed E-state index contributed by atoms with van der Waals surface area (Å²) < 4.78 is 4.53. The maximum Gasteiger partial charge on any atom is 0.292 e. The summed E-state index contributed by atoms with van der Waals surface area (Å²) in [6, 6.07) is 4.34. The van der Waals surface area contributed by atoms with Crippen molar-refractivity contribution in [2.45, 2.75) is 6.92 Å². The van der Waals surface area contributed by atoms with Gasteiger partial charge in [0.1, 0.15) is 0 Å². The van der Waals surface area contributed by atoms with Crippen molar-refractivity contribution in [3.63, 3.8) is 0 Å². The van der Waals surface area contributed by atoms with Gasteiger partial charge in [-0.25, -0.2) is 0 Å². The lowest BCUT2D eigenvalue weighted by atomic mass is 10.2. The van der Waals surface area contributed by atoms with Crippen molar-refractivity contribution in [3.8, 4) is 12.0 Å². The van der Waals surface area contributed by atoms with E-state index in [0.717, 1.165) is 0 Å². The quantitative estimate of drug-likeness (QED) is 0.392. The Labute approximate surface area is 74.3 Å². The molecule has 0 unspecified atom stereocenters. The van der Waals surface area contributed by atoms with Crippen molar-refractivity contribution in [1.29, 1.82) is 5.26 Å². The summed E-state index contributed by atoms with van der Waals surface area (Å²) in [5.41, 5.74) is 0.307. The Bertz CT molecular complexity index is 381. The van der Waals surface area contributed by atoms with Crippen LogP contribution in [-0.2, 0) is 0 Å². The minimum absolute atomic E-state index is 0.0484. The minimum Gasteiger partial charge on any atom is -0.387 e. The SMILES string of the molecule is Cc1c(OC#N)cccc1[N+](=O)[O-]. The second-order valence-corrected chi connectivity index (χ2v) is 2.35. The Morgan fingerprint density at radius 1 is 1.62 bits per heavy atom. The first kappa shape index (κ1) is 9.00. The number of nitrogens with zero attached hydrogens (tertiary/aromatic N) is 2. The van der Waals surface area contributed by atoms with E-state index in [-0.39, 0.29) is 11.4 Å². The third-order valence-corrected chi connectivity index (χ3v) is 1.61. The van der Waals surface area contributed by atoms with E-state index in [4.69, 9.17) is 5.26 Å². The van der Waals surface area contributed by atoms with Crippen LogP contribution in [0.3, 0.4) is 0 Å². The van der Waals surface area contributed by atoms with Crippen LogP contribution >= 0.6 is 0 Å². The molecule has 0 bridgehead atoms. The number of nitro benzene ring substituents is 1. The third kappa shape index (κ3) is 1.73. The Morgan fingerprint density at radius 3 is 2.85 bits per heavy atom. The zero-order valence-corrected chi connectivity index (χ0v) is 6.85. The lowest BCUT2D eigenvalue weighted by Gasteiger charge is -2.00. The van der Waals surface area contributed by atoms with Gasteiger partial charge in [0.05, 0.1) is 10.5 Å². The van der Waals surface area contributed by atoms with Crippen molar-refractivity contribution >= 4 is 5.69 Å². The number of ether oxygens (including phenoxy) is 1. The molecule has 0 aliphatic carbocycles. The molecule has 0 saturated carbocycles. The standard InChI is InChI=1S/C8H6N2O3/c1-6-7(10(11)12)3-2-4-8(6)13-5-9/h2-4H,1H3. The molecule has 0 saturated heterocycles. The van der Waals surface area contributed by atoms with Crippen LogP contribution in [0.15, 0.2) is 18.2 Å². The van der Waals surface area contributed by atoms with Gasteiger partial charge < -0.3 is 4.74 Å². The summed E-state index contributed by atoms with van der Waals surface area (Å²) in [6.07, 6.45) is 1.47. The lowest BCUT2D eigenvalue weighted by Crippen LogP contribution is -1.94. The average Bonchev–Trinajstić information content (AvgIpc) is 2.08. The van der Waals surface area contributed by atoms with Crippen LogP contribution in [0, 0.1) is 28.6 Å². The molecular formula is C8H6N2O3. The average molecular weight is 178 g/mol. The summed E-state index contributed by atoms with van der Waals surface area (Å²) in [6.45, 7) is 1.53.